The molecule has 0 aromatic heterocycles. The number of carbonyl (C=O) groups is 1. The van der Waals surface area contributed by atoms with Crippen molar-refractivity contribution in [1.82, 2.24) is 0 Å². The summed E-state index contributed by atoms with van der Waals surface area (Å²) in [5.74, 6) is -1.27. The molecule has 0 saturated carbocycles. The summed E-state index contributed by atoms with van der Waals surface area (Å²) in [4.78, 5) is 19.6. The van der Waals surface area contributed by atoms with Gasteiger partial charge in [-0.15, -0.1) is 0 Å². The number of hydrogen-bond acceptors (Lipinski definition) is 4. The first-order valence-corrected chi connectivity index (χ1v) is 11.0. The molecule has 4 nitrogen and oxygen atoms in total. The van der Waals surface area contributed by atoms with Crippen LogP contribution in [-0.2, 0) is 9.53 Å². The third kappa shape index (κ3) is 11.4. The van der Waals surface area contributed by atoms with Crippen molar-refractivity contribution in [3.05, 3.63) is 0 Å². The van der Waals surface area contributed by atoms with Gasteiger partial charge in [0.2, 0.25) is 0 Å². The smallest absolute Gasteiger partial charge is 0.306 e. The number of esters is 1. The first kappa shape index (κ1) is 22.9. The summed E-state index contributed by atoms with van der Waals surface area (Å²) in [7, 11) is 0. The lowest BCUT2D eigenvalue weighted by atomic mass is 10.0. The van der Waals surface area contributed by atoms with E-state index in [1.54, 1.807) is 12.4 Å². The SMILES string of the molecule is CCCCCCCCCCCCCCCCCC1(OC(C)=O)N=CC=N1. The van der Waals surface area contributed by atoms with Gasteiger partial charge < -0.3 is 4.74 Å². The highest BCUT2D eigenvalue weighted by Crippen LogP contribution is 2.25. The summed E-state index contributed by atoms with van der Waals surface area (Å²) in [5, 5.41) is 0. The zero-order chi connectivity index (χ0) is 18.9. The molecule has 0 spiro atoms. The molecule has 0 aromatic rings. The largest absolute Gasteiger partial charge is 0.416 e. The van der Waals surface area contributed by atoms with Crippen LogP contribution in [0.2, 0.25) is 0 Å². The fraction of sp³-hybridized carbons (Fsp3) is 0.864. The van der Waals surface area contributed by atoms with Crippen molar-refractivity contribution in [2.45, 2.75) is 122 Å². The Morgan fingerprint density at radius 1 is 0.731 bits per heavy atom. The average molecular weight is 365 g/mol. The van der Waals surface area contributed by atoms with Gasteiger partial charge >= 0.3 is 11.8 Å². The van der Waals surface area contributed by atoms with Crippen LogP contribution in [0.5, 0.6) is 0 Å². The van der Waals surface area contributed by atoms with Crippen LogP contribution < -0.4 is 0 Å². The molecule has 0 atom stereocenters. The van der Waals surface area contributed by atoms with Crippen LogP contribution in [0, 0.1) is 0 Å². The second-order valence-corrected chi connectivity index (χ2v) is 7.59. The lowest BCUT2D eigenvalue weighted by Gasteiger charge is -2.22. The van der Waals surface area contributed by atoms with Crippen molar-refractivity contribution in [3.63, 3.8) is 0 Å². The van der Waals surface area contributed by atoms with Gasteiger partial charge in [-0.2, -0.15) is 0 Å². The molecule has 4 heteroatoms. The maximum Gasteiger partial charge on any atom is 0.306 e. The molecule has 1 rings (SSSR count). The molecule has 0 aliphatic carbocycles. The van der Waals surface area contributed by atoms with E-state index in [4.69, 9.17) is 4.74 Å². The first-order chi connectivity index (χ1) is 12.7. The fourth-order valence-corrected chi connectivity index (χ4v) is 3.52. The molecule has 0 unspecified atom stereocenters. The highest BCUT2D eigenvalue weighted by atomic mass is 16.6. The minimum absolute atomic E-state index is 0.317. The van der Waals surface area contributed by atoms with E-state index in [-0.39, 0.29) is 5.97 Å². The number of nitrogens with zero attached hydrogens (tertiary/aromatic N) is 2. The van der Waals surface area contributed by atoms with Crippen LogP contribution in [0.4, 0.5) is 0 Å². The molecular formula is C22H40N2O2. The summed E-state index contributed by atoms with van der Waals surface area (Å²) in [6.07, 6.45) is 24.1. The van der Waals surface area contributed by atoms with E-state index < -0.39 is 5.85 Å². The monoisotopic (exact) mass is 364 g/mol. The van der Waals surface area contributed by atoms with Gasteiger partial charge in [-0.1, -0.05) is 96.8 Å². The van der Waals surface area contributed by atoms with Crippen molar-refractivity contribution in [3.8, 4) is 0 Å². The number of unbranched alkanes of at least 4 members (excludes halogenated alkanes) is 14. The Bertz CT molecular complexity index is 406. The van der Waals surface area contributed by atoms with Crippen molar-refractivity contribution < 1.29 is 9.53 Å². The third-order valence-electron chi connectivity index (χ3n) is 5.03. The molecule has 0 radical (unpaired) electrons. The Morgan fingerprint density at radius 2 is 1.12 bits per heavy atom. The third-order valence-corrected chi connectivity index (χ3v) is 5.03. The Hall–Kier alpha value is -1.19. The Morgan fingerprint density at radius 3 is 1.50 bits per heavy atom. The van der Waals surface area contributed by atoms with Gasteiger partial charge in [-0.05, 0) is 6.42 Å². The van der Waals surface area contributed by atoms with E-state index in [2.05, 4.69) is 16.9 Å². The molecule has 0 bridgehead atoms. The van der Waals surface area contributed by atoms with Gasteiger partial charge in [-0.3, -0.25) is 4.79 Å². The minimum atomic E-state index is -0.956. The Kier molecular flexibility index (Phi) is 13.1. The number of hydrogen-bond donors (Lipinski definition) is 0. The molecule has 0 N–H and O–H groups in total. The summed E-state index contributed by atoms with van der Waals surface area (Å²) >= 11 is 0. The standard InChI is InChI=1S/C22H40N2O2/c1-3-4-5-6-7-8-9-10-11-12-13-14-15-16-17-18-22(26-21(2)25)23-19-20-24-22/h19-20H,3-18H2,1-2H3. The van der Waals surface area contributed by atoms with Gasteiger partial charge in [0.1, 0.15) is 0 Å². The molecule has 26 heavy (non-hydrogen) atoms. The van der Waals surface area contributed by atoms with Crippen molar-refractivity contribution in [1.29, 1.82) is 0 Å². The average Bonchev–Trinajstić information content (AvgIpc) is 3.06. The van der Waals surface area contributed by atoms with Crippen molar-refractivity contribution in [2.75, 3.05) is 0 Å². The van der Waals surface area contributed by atoms with Crippen LogP contribution in [-0.4, -0.2) is 24.2 Å². The number of rotatable bonds is 17. The van der Waals surface area contributed by atoms with E-state index in [0.29, 0.717) is 6.42 Å². The second-order valence-electron chi connectivity index (χ2n) is 7.59. The predicted octanol–water partition coefficient (Wildman–Crippen LogP) is 6.62. The number of ether oxygens (including phenoxy) is 1. The van der Waals surface area contributed by atoms with Crippen LogP contribution in [0.25, 0.3) is 0 Å². The predicted molar refractivity (Wildman–Crippen MR) is 111 cm³/mol. The minimum Gasteiger partial charge on any atom is -0.416 e. The van der Waals surface area contributed by atoms with E-state index >= 15 is 0 Å². The van der Waals surface area contributed by atoms with Crippen LogP contribution in [0.1, 0.15) is 117 Å². The molecule has 0 saturated heterocycles. The highest BCUT2D eigenvalue weighted by molar-refractivity contribution is 6.17. The summed E-state index contributed by atoms with van der Waals surface area (Å²) in [6, 6.07) is 0. The molecule has 1 heterocycles. The Balaban J connectivity index is 1.86. The number of aliphatic imine (C=N–C) groups is 2. The zero-order valence-corrected chi connectivity index (χ0v) is 17.2. The maximum absolute atomic E-state index is 11.2. The quantitative estimate of drug-likeness (QED) is 0.215. The molecule has 150 valence electrons. The van der Waals surface area contributed by atoms with Gasteiger partial charge in [-0.25, -0.2) is 9.98 Å². The topological polar surface area (TPSA) is 51.0 Å². The second kappa shape index (κ2) is 14.9. The van der Waals surface area contributed by atoms with Gasteiger partial charge in [0.05, 0.1) is 0 Å². The van der Waals surface area contributed by atoms with Crippen LogP contribution >= 0.6 is 0 Å². The molecule has 0 aromatic carbocycles. The Labute approximate surface area is 160 Å². The highest BCUT2D eigenvalue weighted by Gasteiger charge is 2.32. The summed E-state index contributed by atoms with van der Waals surface area (Å²) in [6.45, 7) is 3.69. The lowest BCUT2D eigenvalue weighted by Crippen LogP contribution is -2.28. The lowest BCUT2D eigenvalue weighted by molar-refractivity contribution is -0.155. The van der Waals surface area contributed by atoms with E-state index in [0.717, 1.165) is 12.8 Å². The zero-order valence-electron chi connectivity index (χ0n) is 17.2. The van der Waals surface area contributed by atoms with E-state index in [1.807, 2.05) is 0 Å². The molecule has 1 aliphatic heterocycles. The molecule has 0 fully saturated rings. The number of carbonyl (C=O) groups excluding carboxylic acids is 1. The van der Waals surface area contributed by atoms with E-state index in [1.165, 1.54) is 90.4 Å². The van der Waals surface area contributed by atoms with Gasteiger partial charge in [0.25, 0.3) is 0 Å². The van der Waals surface area contributed by atoms with Gasteiger partial charge in [0.15, 0.2) is 0 Å². The van der Waals surface area contributed by atoms with E-state index in [9.17, 15) is 4.79 Å². The van der Waals surface area contributed by atoms with Crippen molar-refractivity contribution >= 4 is 18.4 Å². The maximum atomic E-state index is 11.2. The molecule has 1 aliphatic rings. The first-order valence-electron chi connectivity index (χ1n) is 11.0. The van der Waals surface area contributed by atoms with Crippen LogP contribution in [0.15, 0.2) is 9.98 Å². The fourth-order valence-electron chi connectivity index (χ4n) is 3.52. The molecule has 0 amide bonds. The van der Waals surface area contributed by atoms with Gasteiger partial charge in [0, 0.05) is 25.8 Å². The van der Waals surface area contributed by atoms with Crippen molar-refractivity contribution in [2.24, 2.45) is 9.98 Å². The normalized spacial score (nSPS) is 14.8. The summed E-state index contributed by atoms with van der Waals surface area (Å²) < 4.78 is 5.28. The van der Waals surface area contributed by atoms with Crippen LogP contribution in [0.3, 0.4) is 0 Å². The molecular weight excluding hydrogens is 324 g/mol. The summed E-state index contributed by atoms with van der Waals surface area (Å²) in [5.41, 5.74) is 0.